The SMILES string of the molecule is CC/C=C/CCc1ccc(-c2ccc(-c3ccc(C4=CCC(C)CC4)cc3F)cc2)c(F)c1F. The van der Waals surface area contributed by atoms with Crippen molar-refractivity contribution in [2.75, 3.05) is 0 Å². The van der Waals surface area contributed by atoms with E-state index < -0.39 is 11.6 Å². The first-order valence-corrected chi connectivity index (χ1v) is 12.2. The van der Waals surface area contributed by atoms with Gasteiger partial charge in [-0.25, -0.2) is 13.2 Å². The zero-order chi connectivity index (χ0) is 24.1. The van der Waals surface area contributed by atoms with Crippen molar-refractivity contribution in [3.05, 3.63) is 101 Å². The van der Waals surface area contributed by atoms with Crippen LogP contribution in [-0.2, 0) is 6.42 Å². The molecule has 0 saturated heterocycles. The van der Waals surface area contributed by atoms with Gasteiger partial charge in [-0.2, -0.15) is 0 Å². The number of halogens is 3. The predicted octanol–water partition coefficient (Wildman–Crippen LogP) is 9.54. The van der Waals surface area contributed by atoms with Crippen molar-refractivity contribution in [3.8, 4) is 22.3 Å². The molecular formula is C31H31F3. The maximum absolute atomic E-state index is 15.0. The fourth-order valence-electron chi connectivity index (χ4n) is 4.53. The van der Waals surface area contributed by atoms with Gasteiger partial charge < -0.3 is 0 Å². The van der Waals surface area contributed by atoms with E-state index >= 15 is 0 Å². The normalized spacial score (nSPS) is 16.1. The number of hydrogen-bond donors (Lipinski definition) is 0. The summed E-state index contributed by atoms with van der Waals surface area (Å²) in [6.45, 7) is 4.28. The molecule has 0 fully saturated rings. The van der Waals surface area contributed by atoms with Gasteiger partial charge in [0.1, 0.15) is 5.82 Å². The van der Waals surface area contributed by atoms with Crippen molar-refractivity contribution in [1.29, 1.82) is 0 Å². The van der Waals surface area contributed by atoms with Crippen LogP contribution >= 0.6 is 0 Å². The maximum atomic E-state index is 15.0. The van der Waals surface area contributed by atoms with E-state index in [4.69, 9.17) is 0 Å². The largest absolute Gasteiger partial charge is 0.206 e. The van der Waals surface area contributed by atoms with Crippen LogP contribution in [0.25, 0.3) is 27.8 Å². The number of allylic oxidation sites excluding steroid dienone is 4. The fourth-order valence-corrected chi connectivity index (χ4v) is 4.53. The van der Waals surface area contributed by atoms with Gasteiger partial charge in [0.25, 0.3) is 0 Å². The Kier molecular flexibility index (Phi) is 7.72. The third-order valence-corrected chi connectivity index (χ3v) is 6.66. The van der Waals surface area contributed by atoms with Gasteiger partial charge in [0, 0.05) is 11.1 Å². The highest BCUT2D eigenvalue weighted by Crippen LogP contribution is 2.34. The van der Waals surface area contributed by atoms with Crippen LogP contribution in [0.15, 0.2) is 72.8 Å². The van der Waals surface area contributed by atoms with Gasteiger partial charge in [0.2, 0.25) is 0 Å². The first-order chi connectivity index (χ1) is 16.5. The Bertz CT molecular complexity index is 1200. The molecular weight excluding hydrogens is 429 g/mol. The van der Waals surface area contributed by atoms with E-state index in [1.165, 1.54) is 5.57 Å². The van der Waals surface area contributed by atoms with Crippen LogP contribution in [0, 0.1) is 23.4 Å². The molecule has 3 aromatic carbocycles. The Morgan fingerprint density at radius 1 is 0.824 bits per heavy atom. The lowest BCUT2D eigenvalue weighted by Crippen LogP contribution is -2.01. The first kappa shape index (κ1) is 24.1. The molecule has 3 heteroatoms. The number of aryl methyl sites for hydroxylation is 1. The highest BCUT2D eigenvalue weighted by atomic mass is 19.2. The smallest absolute Gasteiger partial charge is 0.166 e. The summed E-state index contributed by atoms with van der Waals surface area (Å²) in [6.07, 6.45) is 11.4. The summed E-state index contributed by atoms with van der Waals surface area (Å²) in [5.74, 6) is -1.22. The van der Waals surface area contributed by atoms with E-state index in [-0.39, 0.29) is 11.4 Å². The lowest BCUT2D eigenvalue weighted by atomic mass is 9.87. The van der Waals surface area contributed by atoms with Gasteiger partial charge in [-0.1, -0.05) is 80.6 Å². The summed E-state index contributed by atoms with van der Waals surface area (Å²) in [6, 6.07) is 15.6. The molecule has 1 unspecified atom stereocenters. The quantitative estimate of drug-likeness (QED) is 0.308. The Balaban J connectivity index is 1.53. The molecule has 0 N–H and O–H groups in total. The van der Waals surface area contributed by atoms with Crippen LogP contribution < -0.4 is 0 Å². The summed E-state index contributed by atoms with van der Waals surface area (Å²) < 4.78 is 44.4. The number of rotatable bonds is 7. The molecule has 4 rings (SSSR count). The molecule has 0 spiro atoms. The van der Waals surface area contributed by atoms with Crippen molar-refractivity contribution in [3.63, 3.8) is 0 Å². The molecule has 0 heterocycles. The summed E-state index contributed by atoms with van der Waals surface area (Å²) >= 11 is 0. The molecule has 176 valence electrons. The van der Waals surface area contributed by atoms with Crippen LogP contribution in [0.5, 0.6) is 0 Å². The van der Waals surface area contributed by atoms with Crippen molar-refractivity contribution >= 4 is 5.57 Å². The third kappa shape index (κ3) is 5.35. The van der Waals surface area contributed by atoms with Crippen LogP contribution in [0.4, 0.5) is 13.2 Å². The highest BCUT2D eigenvalue weighted by molar-refractivity contribution is 5.74. The topological polar surface area (TPSA) is 0 Å². The van der Waals surface area contributed by atoms with Crippen LogP contribution in [0.1, 0.15) is 57.1 Å². The average Bonchev–Trinajstić information content (AvgIpc) is 2.85. The second-order valence-corrected chi connectivity index (χ2v) is 9.20. The van der Waals surface area contributed by atoms with Gasteiger partial charge >= 0.3 is 0 Å². The summed E-state index contributed by atoms with van der Waals surface area (Å²) in [5, 5.41) is 0. The van der Waals surface area contributed by atoms with Crippen LogP contribution in [-0.4, -0.2) is 0 Å². The van der Waals surface area contributed by atoms with E-state index in [0.717, 1.165) is 31.2 Å². The fraction of sp³-hybridized carbons (Fsp3) is 0.290. The molecule has 0 aliphatic heterocycles. The molecule has 1 atom stereocenters. The molecule has 0 nitrogen and oxygen atoms in total. The second-order valence-electron chi connectivity index (χ2n) is 9.20. The number of benzene rings is 3. The van der Waals surface area contributed by atoms with Crippen molar-refractivity contribution in [2.45, 2.75) is 52.4 Å². The van der Waals surface area contributed by atoms with Crippen LogP contribution in [0.3, 0.4) is 0 Å². The minimum Gasteiger partial charge on any atom is -0.206 e. The molecule has 3 aromatic rings. The molecule has 34 heavy (non-hydrogen) atoms. The molecule has 0 amide bonds. The standard InChI is InChI=1S/C31H31F3/c1-3-4-5-6-7-25-16-19-28(31(34)30(25)33)24-14-12-23(13-15-24)27-18-17-26(20-29(27)32)22-10-8-21(2)9-11-22/h4-5,10,12-21H,3,6-9,11H2,1-2H3/b5-4+. The van der Waals surface area contributed by atoms with E-state index in [9.17, 15) is 13.2 Å². The molecule has 0 aromatic heterocycles. The zero-order valence-corrected chi connectivity index (χ0v) is 19.9. The lowest BCUT2D eigenvalue weighted by molar-refractivity contribution is 0.501. The van der Waals surface area contributed by atoms with Crippen molar-refractivity contribution in [1.82, 2.24) is 0 Å². The van der Waals surface area contributed by atoms with E-state index in [2.05, 4.69) is 13.0 Å². The third-order valence-electron chi connectivity index (χ3n) is 6.66. The number of hydrogen-bond acceptors (Lipinski definition) is 0. The van der Waals surface area contributed by atoms with Gasteiger partial charge in [0.05, 0.1) is 0 Å². The van der Waals surface area contributed by atoms with Crippen LogP contribution in [0.2, 0.25) is 0 Å². The van der Waals surface area contributed by atoms with E-state index in [1.54, 1.807) is 48.5 Å². The van der Waals surface area contributed by atoms with E-state index in [1.807, 2.05) is 25.1 Å². The Labute approximate surface area is 200 Å². The average molecular weight is 461 g/mol. The van der Waals surface area contributed by atoms with Gasteiger partial charge in [-0.15, -0.1) is 0 Å². The molecule has 0 radical (unpaired) electrons. The molecule has 1 aliphatic carbocycles. The molecule has 1 aliphatic rings. The van der Waals surface area contributed by atoms with Gasteiger partial charge in [0.15, 0.2) is 11.6 Å². The second kappa shape index (κ2) is 10.9. The highest BCUT2D eigenvalue weighted by Gasteiger charge is 2.16. The Hall–Kier alpha value is -3.07. The zero-order valence-electron chi connectivity index (χ0n) is 19.9. The van der Waals surface area contributed by atoms with E-state index in [0.29, 0.717) is 41.0 Å². The lowest BCUT2D eigenvalue weighted by Gasteiger charge is -2.19. The Morgan fingerprint density at radius 2 is 1.50 bits per heavy atom. The maximum Gasteiger partial charge on any atom is 0.166 e. The summed E-state index contributed by atoms with van der Waals surface area (Å²) in [5.41, 5.74) is 4.51. The summed E-state index contributed by atoms with van der Waals surface area (Å²) in [7, 11) is 0. The minimum atomic E-state index is -0.838. The first-order valence-electron chi connectivity index (χ1n) is 12.2. The Morgan fingerprint density at radius 3 is 2.15 bits per heavy atom. The van der Waals surface area contributed by atoms with Crippen molar-refractivity contribution < 1.29 is 13.2 Å². The van der Waals surface area contributed by atoms with Crippen molar-refractivity contribution in [2.24, 2.45) is 5.92 Å². The summed E-state index contributed by atoms with van der Waals surface area (Å²) in [4.78, 5) is 0. The monoisotopic (exact) mass is 460 g/mol. The van der Waals surface area contributed by atoms with Gasteiger partial charge in [-0.3, -0.25) is 0 Å². The predicted molar refractivity (Wildman–Crippen MR) is 136 cm³/mol. The minimum absolute atomic E-state index is 0.214. The van der Waals surface area contributed by atoms with Gasteiger partial charge in [-0.05, 0) is 78.3 Å². The molecule has 0 saturated carbocycles. The molecule has 0 bridgehead atoms.